The molecule has 0 amide bonds. The second-order valence-corrected chi connectivity index (χ2v) is 4.55. The minimum atomic E-state index is -0.166. The van der Waals surface area contributed by atoms with Crippen molar-refractivity contribution in [2.75, 3.05) is 12.4 Å². The highest BCUT2D eigenvalue weighted by Gasteiger charge is 2.27. The Bertz CT molecular complexity index is 237. The molecule has 14 heavy (non-hydrogen) atoms. The molecule has 3 nitrogen and oxygen atoms in total. The standard InChI is InChI=1S/C10H15NO2S/c1-2-13-10(12)7-14-9-5-3-4-8(9)6-11/h8-9H,2-5,7H2,1H3. The third-order valence-electron chi connectivity index (χ3n) is 2.34. The number of nitriles is 1. The topological polar surface area (TPSA) is 50.1 Å². The van der Waals surface area contributed by atoms with Crippen molar-refractivity contribution < 1.29 is 9.53 Å². The van der Waals surface area contributed by atoms with Crippen LogP contribution in [0.3, 0.4) is 0 Å². The number of nitrogens with zero attached hydrogens (tertiary/aromatic N) is 1. The number of carbonyl (C=O) groups is 1. The number of ether oxygens (including phenoxy) is 1. The highest BCUT2D eigenvalue weighted by molar-refractivity contribution is 8.00. The molecule has 1 fully saturated rings. The normalized spacial score (nSPS) is 25.7. The van der Waals surface area contributed by atoms with Crippen LogP contribution in [-0.4, -0.2) is 23.6 Å². The smallest absolute Gasteiger partial charge is 0.315 e. The van der Waals surface area contributed by atoms with Crippen molar-refractivity contribution in [2.24, 2.45) is 5.92 Å². The Morgan fingerprint density at radius 2 is 2.43 bits per heavy atom. The van der Waals surface area contributed by atoms with Crippen LogP contribution in [0.4, 0.5) is 0 Å². The molecular formula is C10H15NO2S. The van der Waals surface area contributed by atoms with Gasteiger partial charge in [-0.15, -0.1) is 11.8 Å². The summed E-state index contributed by atoms with van der Waals surface area (Å²) in [6.07, 6.45) is 3.15. The first-order valence-electron chi connectivity index (χ1n) is 4.94. The number of rotatable bonds is 4. The molecule has 0 aromatic carbocycles. The van der Waals surface area contributed by atoms with Crippen LogP contribution in [0, 0.1) is 17.2 Å². The first-order valence-corrected chi connectivity index (χ1v) is 5.99. The summed E-state index contributed by atoms with van der Waals surface area (Å²) in [6, 6.07) is 2.30. The van der Waals surface area contributed by atoms with Crippen molar-refractivity contribution in [1.82, 2.24) is 0 Å². The molecule has 4 heteroatoms. The molecule has 2 atom stereocenters. The lowest BCUT2D eigenvalue weighted by molar-refractivity contribution is -0.139. The summed E-state index contributed by atoms with van der Waals surface area (Å²) in [6.45, 7) is 2.24. The lowest BCUT2D eigenvalue weighted by Crippen LogP contribution is -2.13. The quantitative estimate of drug-likeness (QED) is 0.670. The van der Waals surface area contributed by atoms with Crippen molar-refractivity contribution in [3.8, 4) is 6.07 Å². The molecule has 0 bridgehead atoms. The summed E-state index contributed by atoms with van der Waals surface area (Å²) in [5.41, 5.74) is 0. The van der Waals surface area contributed by atoms with E-state index < -0.39 is 0 Å². The summed E-state index contributed by atoms with van der Waals surface area (Å²) >= 11 is 1.57. The average molecular weight is 213 g/mol. The van der Waals surface area contributed by atoms with E-state index in [4.69, 9.17) is 10.00 Å². The fourth-order valence-electron chi connectivity index (χ4n) is 1.65. The van der Waals surface area contributed by atoms with Crippen molar-refractivity contribution in [3.63, 3.8) is 0 Å². The molecule has 1 aliphatic rings. The monoisotopic (exact) mass is 213 g/mol. The summed E-state index contributed by atoms with van der Waals surface area (Å²) < 4.78 is 4.83. The predicted molar refractivity (Wildman–Crippen MR) is 55.8 cm³/mol. The van der Waals surface area contributed by atoms with Gasteiger partial charge in [0.15, 0.2) is 0 Å². The molecule has 2 unspecified atom stereocenters. The van der Waals surface area contributed by atoms with Gasteiger partial charge in [0.05, 0.1) is 24.3 Å². The largest absolute Gasteiger partial charge is 0.465 e. The van der Waals surface area contributed by atoms with Crippen molar-refractivity contribution in [2.45, 2.75) is 31.4 Å². The molecule has 0 spiro atoms. The molecule has 0 saturated heterocycles. The minimum Gasteiger partial charge on any atom is -0.465 e. The van der Waals surface area contributed by atoms with Crippen LogP contribution in [0.2, 0.25) is 0 Å². The van der Waals surface area contributed by atoms with E-state index in [-0.39, 0.29) is 11.9 Å². The maximum Gasteiger partial charge on any atom is 0.315 e. The van der Waals surface area contributed by atoms with Crippen LogP contribution in [0.15, 0.2) is 0 Å². The Labute approximate surface area is 88.8 Å². The predicted octanol–water partition coefficient (Wildman–Crippen LogP) is 1.97. The molecule has 78 valence electrons. The van der Waals surface area contributed by atoms with E-state index in [1.54, 1.807) is 18.7 Å². The zero-order valence-corrected chi connectivity index (χ0v) is 9.18. The van der Waals surface area contributed by atoms with Gasteiger partial charge in [0.2, 0.25) is 0 Å². The molecule has 0 N–H and O–H groups in total. The molecule has 1 aliphatic carbocycles. The van der Waals surface area contributed by atoms with Crippen LogP contribution in [0.25, 0.3) is 0 Å². The van der Waals surface area contributed by atoms with Gasteiger partial charge < -0.3 is 4.74 Å². The Kier molecular flexibility index (Phi) is 4.81. The Balaban J connectivity index is 2.24. The van der Waals surface area contributed by atoms with Gasteiger partial charge in [-0.3, -0.25) is 4.79 Å². The van der Waals surface area contributed by atoms with Gasteiger partial charge in [-0.05, 0) is 19.8 Å². The number of hydrogen-bond acceptors (Lipinski definition) is 4. The lowest BCUT2D eigenvalue weighted by atomic mass is 10.1. The molecule has 0 aromatic rings. The van der Waals surface area contributed by atoms with Crippen LogP contribution < -0.4 is 0 Å². The van der Waals surface area contributed by atoms with E-state index in [0.717, 1.165) is 19.3 Å². The fourth-order valence-corrected chi connectivity index (χ4v) is 2.85. The zero-order valence-electron chi connectivity index (χ0n) is 8.36. The highest BCUT2D eigenvalue weighted by atomic mass is 32.2. The van der Waals surface area contributed by atoms with Crippen molar-refractivity contribution in [1.29, 1.82) is 5.26 Å². The van der Waals surface area contributed by atoms with E-state index in [9.17, 15) is 4.79 Å². The number of esters is 1. The van der Waals surface area contributed by atoms with Gasteiger partial charge in [-0.2, -0.15) is 5.26 Å². The number of carbonyl (C=O) groups excluding carboxylic acids is 1. The second kappa shape index (κ2) is 5.92. The van der Waals surface area contributed by atoms with Crippen molar-refractivity contribution >= 4 is 17.7 Å². The van der Waals surface area contributed by atoms with Crippen LogP contribution in [0.1, 0.15) is 26.2 Å². The van der Waals surface area contributed by atoms with Crippen molar-refractivity contribution in [3.05, 3.63) is 0 Å². The van der Waals surface area contributed by atoms with Gasteiger partial charge in [-0.25, -0.2) is 0 Å². The third-order valence-corrected chi connectivity index (χ3v) is 3.73. The lowest BCUT2D eigenvalue weighted by Gasteiger charge is -2.11. The van der Waals surface area contributed by atoms with Crippen LogP contribution in [0.5, 0.6) is 0 Å². The average Bonchev–Trinajstić information content (AvgIpc) is 2.62. The summed E-state index contributed by atoms with van der Waals surface area (Å²) in [7, 11) is 0. The Morgan fingerprint density at radius 1 is 1.64 bits per heavy atom. The van der Waals surface area contributed by atoms with Gasteiger partial charge in [0, 0.05) is 5.25 Å². The third kappa shape index (κ3) is 3.22. The van der Waals surface area contributed by atoms with Gasteiger partial charge >= 0.3 is 5.97 Å². The minimum absolute atomic E-state index is 0.134. The molecule has 1 rings (SSSR count). The Hall–Kier alpha value is -0.690. The van der Waals surface area contributed by atoms with E-state index in [1.165, 1.54) is 0 Å². The summed E-state index contributed by atoms with van der Waals surface area (Å²) in [5, 5.41) is 9.16. The van der Waals surface area contributed by atoms with Gasteiger partial charge in [0.25, 0.3) is 0 Å². The fraction of sp³-hybridized carbons (Fsp3) is 0.800. The summed E-state index contributed by atoms with van der Waals surface area (Å²) in [4.78, 5) is 11.1. The summed E-state index contributed by atoms with van der Waals surface area (Å²) in [5.74, 6) is 0.354. The molecule has 0 aromatic heterocycles. The number of thioether (sulfide) groups is 1. The highest BCUT2D eigenvalue weighted by Crippen LogP contribution is 2.34. The van der Waals surface area contributed by atoms with Gasteiger partial charge in [0.1, 0.15) is 0 Å². The molecule has 0 heterocycles. The maximum absolute atomic E-state index is 11.1. The van der Waals surface area contributed by atoms with E-state index in [0.29, 0.717) is 17.6 Å². The van der Waals surface area contributed by atoms with E-state index in [1.807, 2.05) is 0 Å². The number of hydrogen-bond donors (Lipinski definition) is 0. The molecule has 0 aliphatic heterocycles. The first-order chi connectivity index (χ1) is 6.77. The molecule has 0 radical (unpaired) electrons. The SMILES string of the molecule is CCOC(=O)CSC1CCCC1C#N. The van der Waals surface area contributed by atoms with E-state index >= 15 is 0 Å². The molecule has 1 saturated carbocycles. The second-order valence-electron chi connectivity index (χ2n) is 3.32. The van der Waals surface area contributed by atoms with Crippen LogP contribution in [-0.2, 0) is 9.53 Å². The van der Waals surface area contributed by atoms with Crippen LogP contribution >= 0.6 is 11.8 Å². The van der Waals surface area contributed by atoms with E-state index in [2.05, 4.69) is 6.07 Å². The van der Waals surface area contributed by atoms with Gasteiger partial charge in [-0.1, -0.05) is 6.42 Å². The first kappa shape index (κ1) is 11.4. The molecular weight excluding hydrogens is 198 g/mol. The maximum atomic E-state index is 11.1. The zero-order chi connectivity index (χ0) is 10.4. The Morgan fingerprint density at radius 3 is 3.07 bits per heavy atom.